The lowest BCUT2D eigenvalue weighted by atomic mass is 9.92. The predicted molar refractivity (Wildman–Crippen MR) is 111 cm³/mol. The summed E-state index contributed by atoms with van der Waals surface area (Å²) >= 11 is 0. The summed E-state index contributed by atoms with van der Waals surface area (Å²) in [7, 11) is -3.67. The zero-order valence-corrected chi connectivity index (χ0v) is 17.8. The van der Waals surface area contributed by atoms with Crippen molar-refractivity contribution in [2.75, 3.05) is 19.3 Å². The summed E-state index contributed by atoms with van der Waals surface area (Å²) in [6.45, 7) is 2.42. The zero-order chi connectivity index (χ0) is 21.2. The first-order valence-corrected chi connectivity index (χ1v) is 11.9. The fourth-order valence-corrected chi connectivity index (χ4v) is 5.15. The summed E-state index contributed by atoms with van der Waals surface area (Å²) in [5.74, 6) is -0.788. The van der Waals surface area contributed by atoms with E-state index in [1.54, 1.807) is 18.2 Å². The Labute approximate surface area is 172 Å². The van der Waals surface area contributed by atoms with Crippen molar-refractivity contribution in [2.45, 2.75) is 57.3 Å². The fraction of sp³-hybridized carbons (Fsp3) is 0.600. The Hall–Kier alpha value is -1.97. The number of sulfonamides is 1. The lowest BCUT2D eigenvalue weighted by Gasteiger charge is -2.42. The molecular formula is C20H30N4O4S. The van der Waals surface area contributed by atoms with Crippen LogP contribution in [0.1, 0.15) is 48.0 Å². The molecule has 0 bridgehead atoms. The maximum atomic E-state index is 13.2. The van der Waals surface area contributed by atoms with Gasteiger partial charge in [0.15, 0.2) is 6.17 Å². The van der Waals surface area contributed by atoms with Crippen molar-refractivity contribution in [3.8, 4) is 0 Å². The molecule has 8 nitrogen and oxygen atoms in total. The number of nitrogens with zero attached hydrogens (tertiary/aromatic N) is 2. The molecule has 160 valence electrons. The van der Waals surface area contributed by atoms with Crippen LogP contribution >= 0.6 is 0 Å². The highest BCUT2D eigenvalue weighted by molar-refractivity contribution is 7.88. The van der Waals surface area contributed by atoms with E-state index in [1.165, 1.54) is 4.90 Å². The topological polar surface area (TPSA) is 113 Å². The molecule has 0 aromatic heterocycles. The van der Waals surface area contributed by atoms with Crippen LogP contribution in [0.25, 0.3) is 0 Å². The number of carbonyl (C=O) groups excluding carboxylic acids is 2. The minimum Gasteiger partial charge on any atom is -0.350 e. The lowest BCUT2D eigenvalue weighted by molar-refractivity contribution is -0.131. The van der Waals surface area contributed by atoms with Crippen LogP contribution in [-0.2, 0) is 14.8 Å². The van der Waals surface area contributed by atoms with Crippen molar-refractivity contribution in [1.29, 1.82) is 0 Å². The molecule has 3 N–H and O–H groups in total. The van der Waals surface area contributed by atoms with Crippen LogP contribution in [-0.4, -0.2) is 67.0 Å². The van der Waals surface area contributed by atoms with Crippen LogP contribution in [0, 0.1) is 6.92 Å². The molecule has 1 aliphatic heterocycles. The molecule has 2 amide bonds. The van der Waals surface area contributed by atoms with E-state index in [0.29, 0.717) is 18.5 Å². The summed E-state index contributed by atoms with van der Waals surface area (Å²) < 4.78 is 25.9. The Morgan fingerprint density at radius 1 is 1.14 bits per heavy atom. The van der Waals surface area contributed by atoms with Gasteiger partial charge in [-0.25, -0.2) is 8.42 Å². The second-order valence-electron chi connectivity index (χ2n) is 8.09. The van der Waals surface area contributed by atoms with E-state index in [9.17, 15) is 18.0 Å². The second kappa shape index (κ2) is 8.81. The molecule has 1 saturated carbocycles. The smallest absolute Gasteiger partial charge is 0.259 e. The van der Waals surface area contributed by atoms with Gasteiger partial charge in [0.25, 0.3) is 11.8 Å². The highest BCUT2D eigenvalue weighted by Crippen LogP contribution is 2.23. The van der Waals surface area contributed by atoms with E-state index in [4.69, 9.17) is 5.73 Å². The minimum atomic E-state index is -3.67. The van der Waals surface area contributed by atoms with Gasteiger partial charge in [-0.3, -0.25) is 9.59 Å². The largest absolute Gasteiger partial charge is 0.350 e. The first-order valence-electron chi connectivity index (χ1n) is 10.1. The molecule has 1 unspecified atom stereocenters. The summed E-state index contributed by atoms with van der Waals surface area (Å²) in [4.78, 5) is 27.7. The van der Waals surface area contributed by atoms with Crippen LogP contribution < -0.4 is 11.1 Å². The van der Waals surface area contributed by atoms with Gasteiger partial charge < -0.3 is 16.0 Å². The van der Waals surface area contributed by atoms with Crippen LogP contribution in [0.15, 0.2) is 24.3 Å². The Kier molecular flexibility index (Phi) is 6.60. The van der Waals surface area contributed by atoms with Gasteiger partial charge in [0, 0.05) is 30.7 Å². The van der Waals surface area contributed by atoms with E-state index in [-0.39, 0.29) is 24.5 Å². The van der Waals surface area contributed by atoms with E-state index in [0.717, 1.165) is 41.8 Å². The number of aryl methyl sites for hydroxylation is 1. The first kappa shape index (κ1) is 21.7. The maximum Gasteiger partial charge on any atom is 0.259 e. The van der Waals surface area contributed by atoms with Crippen molar-refractivity contribution in [1.82, 2.24) is 14.5 Å². The molecule has 1 saturated heterocycles. The van der Waals surface area contributed by atoms with Crippen molar-refractivity contribution in [3.05, 3.63) is 35.4 Å². The van der Waals surface area contributed by atoms with Gasteiger partial charge in [-0.1, -0.05) is 17.7 Å². The Morgan fingerprint density at radius 3 is 2.45 bits per heavy atom. The van der Waals surface area contributed by atoms with Crippen LogP contribution in [0.4, 0.5) is 0 Å². The fourth-order valence-electron chi connectivity index (χ4n) is 4.11. The van der Waals surface area contributed by atoms with E-state index < -0.39 is 22.1 Å². The van der Waals surface area contributed by atoms with Crippen LogP contribution in [0.2, 0.25) is 0 Å². The third-order valence-electron chi connectivity index (χ3n) is 5.65. The number of rotatable bonds is 4. The molecule has 1 heterocycles. The van der Waals surface area contributed by atoms with Crippen LogP contribution in [0.5, 0.6) is 0 Å². The number of nitrogens with one attached hydrogen (secondary N) is 1. The summed E-state index contributed by atoms with van der Waals surface area (Å²) in [6.07, 6.45) is 3.52. The van der Waals surface area contributed by atoms with Gasteiger partial charge in [0.1, 0.15) is 0 Å². The average Bonchev–Trinajstić information content (AvgIpc) is 2.68. The van der Waals surface area contributed by atoms with Gasteiger partial charge in [0.2, 0.25) is 10.0 Å². The van der Waals surface area contributed by atoms with Crippen molar-refractivity contribution in [2.24, 2.45) is 5.73 Å². The van der Waals surface area contributed by atoms with E-state index >= 15 is 0 Å². The molecule has 29 heavy (non-hydrogen) atoms. The SMILES string of the molecule is Cc1cccc(C(=O)N2CCCN(S(C)(=O)=O)C2C(=O)NC2CCC(N)CC2)c1. The summed E-state index contributed by atoms with van der Waals surface area (Å²) in [5, 5.41) is 2.96. The monoisotopic (exact) mass is 422 g/mol. The maximum absolute atomic E-state index is 13.2. The number of hydrogen-bond donors (Lipinski definition) is 2. The Balaban J connectivity index is 1.87. The highest BCUT2D eigenvalue weighted by atomic mass is 32.2. The number of benzene rings is 1. The number of hydrogen-bond acceptors (Lipinski definition) is 5. The molecular weight excluding hydrogens is 392 g/mol. The molecule has 3 rings (SSSR count). The third-order valence-corrected chi connectivity index (χ3v) is 6.88. The number of nitrogens with two attached hydrogens (primary N) is 1. The van der Waals surface area contributed by atoms with Crippen molar-refractivity contribution < 1.29 is 18.0 Å². The Bertz CT molecular complexity index is 865. The molecule has 0 radical (unpaired) electrons. The van der Waals surface area contributed by atoms with Crippen molar-refractivity contribution >= 4 is 21.8 Å². The Morgan fingerprint density at radius 2 is 1.83 bits per heavy atom. The average molecular weight is 423 g/mol. The standard InChI is InChI=1S/C20H30N4O4S/c1-14-5-3-6-15(13-14)20(26)23-11-4-12-24(29(2,27)28)19(23)18(25)22-17-9-7-16(21)8-10-17/h3,5-6,13,16-17,19H,4,7-12,21H2,1-2H3,(H,22,25). The molecule has 1 aliphatic carbocycles. The second-order valence-corrected chi connectivity index (χ2v) is 10.0. The minimum absolute atomic E-state index is 0.0541. The van der Waals surface area contributed by atoms with Crippen LogP contribution in [0.3, 0.4) is 0 Å². The lowest BCUT2D eigenvalue weighted by Crippen LogP contribution is -2.64. The van der Waals surface area contributed by atoms with Gasteiger partial charge >= 0.3 is 0 Å². The molecule has 1 aromatic rings. The first-order chi connectivity index (χ1) is 13.7. The summed E-state index contributed by atoms with van der Waals surface area (Å²) in [6, 6.07) is 7.19. The summed E-state index contributed by atoms with van der Waals surface area (Å²) in [5.41, 5.74) is 7.30. The zero-order valence-electron chi connectivity index (χ0n) is 17.0. The molecule has 2 fully saturated rings. The number of carbonyl (C=O) groups is 2. The molecule has 2 aliphatic rings. The molecule has 1 atom stereocenters. The normalized spacial score (nSPS) is 26.2. The van der Waals surface area contributed by atoms with E-state index in [1.807, 2.05) is 13.0 Å². The predicted octanol–water partition coefficient (Wildman–Crippen LogP) is 0.815. The van der Waals surface area contributed by atoms with E-state index in [2.05, 4.69) is 5.32 Å². The quantitative estimate of drug-likeness (QED) is 0.746. The third kappa shape index (κ3) is 5.15. The van der Waals surface area contributed by atoms with Crippen molar-refractivity contribution in [3.63, 3.8) is 0 Å². The van der Waals surface area contributed by atoms with Gasteiger partial charge in [-0.2, -0.15) is 4.31 Å². The molecule has 0 spiro atoms. The van der Waals surface area contributed by atoms with Gasteiger partial charge in [-0.05, 0) is 51.2 Å². The molecule has 1 aromatic carbocycles. The van der Waals surface area contributed by atoms with Gasteiger partial charge in [0.05, 0.1) is 6.26 Å². The number of amides is 2. The highest BCUT2D eigenvalue weighted by Gasteiger charge is 2.42. The molecule has 9 heteroatoms. The van der Waals surface area contributed by atoms with Gasteiger partial charge in [-0.15, -0.1) is 0 Å².